The quantitative estimate of drug-likeness (QED) is 0.801. The topological polar surface area (TPSA) is 69.6 Å². The zero-order chi connectivity index (χ0) is 17.4. The van der Waals surface area contributed by atoms with E-state index in [2.05, 4.69) is 5.32 Å². The molecule has 1 unspecified atom stereocenters. The van der Waals surface area contributed by atoms with Gasteiger partial charge in [-0.15, -0.1) is 0 Å². The van der Waals surface area contributed by atoms with Crippen LogP contribution in [0.1, 0.15) is 43.7 Å². The van der Waals surface area contributed by atoms with E-state index >= 15 is 0 Å². The summed E-state index contributed by atoms with van der Waals surface area (Å²) in [6.07, 6.45) is 3.94. The van der Waals surface area contributed by atoms with Crippen molar-refractivity contribution < 1.29 is 14.7 Å². The summed E-state index contributed by atoms with van der Waals surface area (Å²) in [5, 5.41) is 12.0. The second-order valence-corrected chi connectivity index (χ2v) is 6.44. The number of nitrogens with one attached hydrogen (secondary N) is 1. The van der Waals surface area contributed by atoms with Crippen molar-refractivity contribution >= 4 is 11.8 Å². The van der Waals surface area contributed by atoms with Crippen molar-refractivity contribution in [1.82, 2.24) is 10.2 Å². The van der Waals surface area contributed by atoms with Gasteiger partial charge in [0.25, 0.3) is 0 Å². The number of aliphatic hydroxyl groups is 1. The molecule has 5 nitrogen and oxygen atoms in total. The lowest BCUT2D eigenvalue weighted by atomic mass is 9.96. The minimum Gasteiger partial charge on any atom is -0.392 e. The first-order valence-electron chi connectivity index (χ1n) is 8.88. The highest BCUT2D eigenvalue weighted by Gasteiger charge is 2.27. The molecule has 1 aromatic carbocycles. The molecule has 1 heterocycles. The van der Waals surface area contributed by atoms with E-state index in [1.165, 1.54) is 0 Å². The van der Waals surface area contributed by atoms with Crippen molar-refractivity contribution in [1.29, 1.82) is 0 Å². The second-order valence-electron chi connectivity index (χ2n) is 6.44. The van der Waals surface area contributed by atoms with Crippen LogP contribution in [0.2, 0.25) is 0 Å². The Balaban J connectivity index is 1.76. The molecule has 0 aliphatic carbocycles. The number of aliphatic hydroxyl groups excluding tert-OH is 1. The molecule has 1 aliphatic heterocycles. The SMILES string of the molecule is CCCC(=O)N1CCCC(C(=O)NCCc2ccc(CO)cc2)C1. The van der Waals surface area contributed by atoms with Crippen molar-refractivity contribution in [2.75, 3.05) is 19.6 Å². The van der Waals surface area contributed by atoms with Gasteiger partial charge in [-0.05, 0) is 36.8 Å². The summed E-state index contributed by atoms with van der Waals surface area (Å²) in [6.45, 7) is 3.97. The highest BCUT2D eigenvalue weighted by Crippen LogP contribution is 2.17. The number of hydrogen-bond donors (Lipinski definition) is 2. The molecule has 1 aliphatic rings. The molecule has 0 spiro atoms. The lowest BCUT2D eigenvalue weighted by Crippen LogP contribution is -2.45. The van der Waals surface area contributed by atoms with E-state index in [1.807, 2.05) is 36.1 Å². The number of rotatable bonds is 7. The van der Waals surface area contributed by atoms with Crippen molar-refractivity contribution in [3.63, 3.8) is 0 Å². The van der Waals surface area contributed by atoms with Gasteiger partial charge < -0.3 is 15.3 Å². The Morgan fingerprint density at radius 2 is 1.96 bits per heavy atom. The fraction of sp³-hybridized carbons (Fsp3) is 0.579. The molecule has 0 radical (unpaired) electrons. The smallest absolute Gasteiger partial charge is 0.224 e. The number of nitrogens with zero attached hydrogens (tertiary/aromatic N) is 1. The third-order valence-corrected chi connectivity index (χ3v) is 4.53. The van der Waals surface area contributed by atoms with E-state index in [0.717, 1.165) is 43.4 Å². The molecular weight excluding hydrogens is 304 g/mol. The number of likely N-dealkylation sites (tertiary alicyclic amines) is 1. The Bertz CT molecular complexity index is 542. The highest BCUT2D eigenvalue weighted by atomic mass is 16.3. The molecule has 132 valence electrons. The van der Waals surface area contributed by atoms with E-state index in [9.17, 15) is 9.59 Å². The summed E-state index contributed by atoms with van der Waals surface area (Å²) in [7, 11) is 0. The molecule has 1 saturated heterocycles. The molecule has 2 rings (SSSR count). The normalized spacial score (nSPS) is 17.6. The third-order valence-electron chi connectivity index (χ3n) is 4.53. The van der Waals surface area contributed by atoms with Crippen LogP contribution < -0.4 is 5.32 Å². The summed E-state index contributed by atoms with van der Waals surface area (Å²) >= 11 is 0. The van der Waals surface area contributed by atoms with Crippen molar-refractivity contribution in [3.05, 3.63) is 35.4 Å². The van der Waals surface area contributed by atoms with Crippen LogP contribution in [0, 0.1) is 5.92 Å². The number of benzene rings is 1. The van der Waals surface area contributed by atoms with Crippen LogP contribution >= 0.6 is 0 Å². The molecule has 1 aromatic rings. The Morgan fingerprint density at radius 1 is 1.25 bits per heavy atom. The van der Waals surface area contributed by atoms with E-state index < -0.39 is 0 Å². The maximum atomic E-state index is 12.3. The molecule has 2 amide bonds. The molecule has 0 saturated carbocycles. The standard InChI is InChI=1S/C19H28N2O3/c1-2-4-18(23)21-12-3-5-17(13-21)19(24)20-11-10-15-6-8-16(14-22)9-7-15/h6-9,17,22H,2-5,10-14H2,1H3,(H,20,24). The lowest BCUT2D eigenvalue weighted by molar-refractivity contribution is -0.135. The fourth-order valence-corrected chi connectivity index (χ4v) is 3.08. The molecule has 0 aromatic heterocycles. The second kappa shape index (κ2) is 9.42. The van der Waals surface area contributed by atoms with Gasteiger partial charge in [0, 0.05) is 26.1 Å². The Morgan fingerprint density at radius 3 is 2.62 bits per heavy atom. The van der Waals surface area contributed by atoms with Crippen LogP contribution in [0.25, 0.3) is 0 Å². The van der Waals surface area contributed by atoms with Crippen LogP contribution in [0.3, 0.4) is 0 Å². The Kier molecular flexibility index (Phi) is 7.25. The predicted molar refractivity (Wildman–Crippen MR) is 93.3 cm³/mol. The molecular formula is C19H28N2O3. The van der Waals surface area contributed by atoms with E-state index in [1.54, 1.807) is 0 Å². The first-order valence-corrected chi connectivity index (χ1v) is 8.88. The van der Waals surface area contributed by atoms with E-state index in [-0.39, 0.29) is 24.3 Å². The summed E-state index contributed by atoms with van der Waals surface area (Å²) < 4.78 is 0. The third kappa shape index (κ3) is 5.34. The van der Waals surface area contributed by atoms with Gasteiger partial charge in [-0.25, -0.2) is 0 Å². The lowest BCUT2D eigenvalue weighted by Gasteiger charge is -2.32. The average Bonchev–Trinajstić information content (AvgIpc) is 2.62. The molecule has 1 atom stereocenters. The van der Waals surface area contributed by atoms with Gasteiger partial charge in [0.15, 0.2) is 0 Å². The molecule has 0 bridgehead atoms. The van der Waals surface area contributed by atoms with Crippen molar-refractivity contribution in [2.24, 2.45) is 5.92 Å². The summed E-state index contributed by atoms with van der Waals surface area (Å²) in [4.78, 5) is 26.2. The number of hydrogen-bond acceptors (Lipinski definition) is 3. The van der Waals surface area contributed by atoms with Gasteiger partial charge in [-0.1, -0.05) is 31.2 Å². The van der Waals surface area contributed by atoms with E-state index in [4.69, 9.17) is 5.11 Å². The zero-order valence-electron chi connectivity index (χ0n) is 14.5. The van der Waals surface area contributed by atoms with E-state index in [0.29, 0.717) is 19.5 Å². The summed E-state index contributed by atoms with van der Waals surface area (Å²) in [5.74, 6) is 0.131. The van der Waals surface area contributed by atoms with Crippen LogP contribution in [-0.2, 0) is 22.6 Å². The number of amides is 2. The molecule has 24 heavy (non-hydrogen) atoms. The summed E-state index contributed by atoms with van der Waals surface area (Å²) in [6, 6.07) is 7.75. The summed E-state index contributed by atoms with van der Waals surface area (Å²) in [5.41, 5.74) is 2.03. The van der Waals surface area contributed by atoms with Gasteiger partial charge in [0.1, 0.15) is 0 Å². The van der Waals surface area contributed by atoms with Crippen LogP contribution in [0.15, 0.2) is 24.3 Å². The van der Waals surface area contributed by atoms with Crippen LogP contribution in [0.5, 0.6) is 0 Å². The highest BCUT2D eigenvalue weighted by molar-refractivity contribution is 5.81. The molecule has 2 N–H and O–H groups in total. The predicted octanol–water partition coefficient (Wildman–Crippen LogP) is 1.88. The van der Waals surface area contributed by atoms with Gasteiger partial charge in [0.2, 0.25) is 11.8 Å². The number of carbonyl (C=O) groups excluding carboxylic acids is 2. The number of piperidine rings is 1. The zero-order valence-corrected chi connectivity index (χ0v) is 14.5. The minimum atomic E-state index is -0.0867. The minimum absolute atomic E-state index is 0.0476. The van der Waals surface area contributed by atoms with Crippen molar-refractivity contribution in [2.45, 2.75) is 45.6 Å². The first kappa shape index (κ1) is 18.5. The molecule has 1 fully saturated rings. The van der Waals surface area contributed by atoms with Gasteiger partial charge in [-0.3, -0.25) is 9.59 Å². The number of carbonyl (C=O) groups is 2. The monoisotopic (exact) mass is 332 g/mol. The van der Waals surface area contributed by atoms with Gasteiger partial charge >= 0.3 is 0 Å². The van der Waals surface area contributed by atoms with Gasteiger partial charge in [0.05, 0.1) is 12.5 Å². The average molecular weight is 332 g/mol. The van der Waals surface area contributed by atoms with Crippen molar-refractivity contribution in [3.8, 4) is 0 Å². The Labute approximate surface area is 144 Å². The maximum Gasteiger partial charge on any atom is 0.224 e. The Hall–Kier alpha value is -1.88. The molecule has 5 heteroatoms. The van der Waals surface area contributed by atoms with Gasteiger partial charge in [-0.2, -0.15) is 0 Å². The van der Waals surface area contributed by atoms with Crippen LogP contribution in [-0.4, -0.2) is 41.5 Å². The fourth-order valence-electron chi connectivity index (χ4n) is 3.08. The maximum absolute atomic E-state index is 12.3. The first-order chi connectivity index (χ1) is 11.6. The largest absolute Gasteiger partial charge is 0.392 e. The van der Waals surface area contributed by atoms with Crippen LogP contribution in [0.4, 0.5) is 0 Å².